The molecule has 0 atom stereocenters. The highest BCUT2D eigenvalue weighted by atomic mass is 19.3. The molecular weight excluding hydrogens is 437 g/mol. The largest absolute Gasteiger partial charge is 0.435 e. The van der Waals surface area contributed by atoms with Crippen molar-refractivity contribution in [3.05, 3.63) is 60.2 Å². The van der Waals surface area contributed by atoms with Crippen molar-refractivity contribution in [1.82, 2.24) is 14.9 Å². The van der Waals surface area contributed by atoms with E-state index in [2.05, 4.69) is 26.1 Å². The first kappa shape index (κ1) is 22.9. The van der Waals surface area contributed by atoms with Gasteiger partial charge >= 0.3 is 6.61 Å². The fourth-order valence-electron chi connectivity index (χ4n) is 3.93. The Morgan fingerprint density at radius 1 is 1.18 bits per heavy atom. The number of nitrogens with zero attached hydrogens (tertiary/aromatic N) is 3. The van der Waals surface area contributed by atoms with Crippen molar-refractivity contribution < 1.29 is 27.8 Å². The number of fused-ring (bicyclic) bond motifs is 1. The molecule has 10 heteroatoms. The number of benzene rings is 1. The second-order valence-electron chi connectivity index (χ2n) is 8.10. The number of aliphatic hydroxyl groups is 1. The number of pyridine rings is 1. The molecule has 2 fully saturated rings. The summed E-state index contributed by atoms with van der Waals surface area (Å²) < 4.78 is 41.0. The number of ether oxygens (including phenoxy) is 1. The third-order valence-electron chi connectivity index (χ3n) is 5.69. The Labute approximate surface area is 188 Å². The van der Waals surface area contributed by atoms with Gasteiger partial charge in [0.15, 0.2) is 0 Å². The molecule has 5 rings (SSSR count). The van der Waals surface area contributed by atoms with Crippen LogP contribution in [0.5, 0.6) is 5.75 Å². The smallest absolute Gasteiger partial charge is 0.387 e. The predicted octanol–water partition coefficient (Wildman–Crippen LogP) is 3.61. The Kier molecular flexibility index (Phi) is 7.02. The van der Waals surface area contributed by atoms with Crippen LogP contribution in [0.1, 0.15) is 36.0 Å². The van der Waals surface area contributed by atoms with Crippen molar-refractivity contribution in [2.45, 2.75) is 44.4 Å². The zero-order chi connectivity index (χ0) is 23.4. The molecular formula is C23H25F3N4O3. The third-order valence-corrected chi connectivity index (χ3v) is 5.69. The quantitative estimate of drug-likeness (QED) is 0.606. The fourth-order valence-corrected chi connectivity index (χ4v) is 3.93. The maximum Gasteiger partial charge on any atom is 0.387 e. The van der Waals surface area contributed by atoms with Gasteiger partial charge in [-0.25, -0.2) is 8.91 Å². The number of aliphatic hydroxyl groups excluding tert-OH is 1. The molecule has 1 saturated carbocycles. The topological polar surface area (TPSA) is 79.1 Å². The van der Waals surface area contributed by atoms with Gasteiger partial charge in [-0.15, -0.1) is 0 Å². The van der Waals surface area contributed by atoms with E-state index in [9.17, 15) is 23.1 Å². The van der Waals surface area contributed by atoms with E-state index in [-0.39, 0.29) is 23.8 Å². The van der Waals surface area contributed by atoms with E-state index in [1.807, 2.05) is 12.3 Å². The van der Waals surface area contributed by atoms with Crippen LogP contribution in [0.3, 0.4) is 0 Å². The first-order valence-corrected chi connectivity index (χ1v) is 10.8. The number of anilines is 1. The summed E-state index contributed by atoms with van der Waals surface area (Å²) in [4.78, 5) is 14.7. The number of nitrogens with one attached hydrogen (secondary N) is 1. The van der Waals surface area contributed by atoms with Crippen LogP contribution in [0.2, 0.25) is 0 Å². The molecule has 7 nitrogen and oxygen atoms in total. The number of rotatable bonds is 5. The van der Waals surface area contributed by atoms with Gasteiger partial charge in [0, 0.05) is 37.1 Å². The number of amides is 1. The number of hydrogen-bond acceptors (Lipinski definition) is 5. The zero-order valence-corrected chi connectivity index (χ0v) is 17.8. The van der Waals surface area contributed by atoms with Crippen molar-refractivity contribution in [3.8, 4) is 5.75 Å². The molecule has 1 amide bonds. The molecule has 2 aliphatic rings. The number of carbonyl (C=O) groups is 1. The van der Waals surface area contributed by atoms with Crippen LogP contribution in [0.15, 0.2) is 48.8 Å². The summed E-state index contributed by atoms with van der Waals surface area (Å²) in [6.07, 6.45) is 6.99. The molecule has 1 aliphatic heterocycles. The lowest BCUT2D eigenvalue weighted by Gasteiger charge is -2.31. The summed E-state index contributed by atoms with van der Waals surface area (Å²) in [7, 11) is 0. The first-order chi connectivity index (χ1) is 15.9. The SMILES string of the molecule is Fc1cccc(OC(F)F)c1.O=C(NC1CC(O)C1)c1cnn2ccc(N3CCCC3)cc12. The van der Waals surface area contributed by atoms with Gasteiger partial charge < -0.3 is 20.1 Å². The Morgan fingerprint density at radius 2 is 1.94 bits per heavy atom. The predicted molar refractivity (Wildman–Crippen MR) is 116 cm³/mol. The number of hydrogen-bond donors (Lipinski definition) is 2. The van der Waals surface area contributed by atoms with E-state index in [1.54, 1.807) is 10.7 Å². The van der Waals surface area contributed by atoms with Crippen LogP contribution in [-0.2, 0) is 0 Å². The zero-order valence-electron chi connectivity index (χ0n) is 17.8. The number of halogens is 3. The van der Waals surface area contributed by atoms with Crippen LogP contribution < -0.4 is 15.0 Å². The van der Waals surface area contributed by atoms with Crippen molar-refractivity contribution in [2.75, 3.05) is 18.0 Å². The van der Waals surface area contributed by atoms with Gasteiger partial charge in [0.1, 0.15) is 11.6 Å². The molecule has 2 N–H and O–H groups in total. The average Bonchev–Trinajstić information content (AvgIpc) is 3.42. The minimum Gasteiger partial charge on any atom is -0.435 e. The summed E-state index contributed by atoms with van der Waals surface area (Å²) in [6, 6.07) is 8.78. The van der Waals surface area contributed by atoms with E-state index in [4.69, 9.17) is 0 Å². The molecule has 1 saturated heterocycles. The molecule has 0 radical (unpaired) electrons. The summed E-state index contributed by atoms with van der Waals surface area (Å²) >= 11 is 0. The Balaban J connectivity index is 0.000000200. The van der Waals surface area contributed by atoms with Gasteiger partial charge in [-0.2, -0.15) is 13.9 Å². The van der Waals surface area contributed by atoms with Gasteiger partial charge in [0.25, 0.3) is 5.91 Å². The van der Waals surface area contributed by atoms with Crippen LogP contribution in [-0.4, -0.2) is 52.5 Å². The molecule has 0 bridgehead atoms. The Morgan fingerprint density at radius 3 is 2.61 bits per heavy atom. The highest BCUT2D eigenvalue weighted by Crippen LogP contribution is 2.24. The first-order valence-electron chi connectivity index (χ1n) is 10.8. The van der Waals surface area contributed by atoms with Crippen molar-refractivity contribution in [2.24, 2.45) is 0 Å². The summed E-state index contributed by atoms with van der Waals surface area (Å²) in [5, 5.41) is 16.5. The Hall–Kier alpha value is -3.27. The van der Waals surface area contributed by atoms with Crippen LogP contribution in [0.4, 0.5) is 18.9 Å². The van der Waals surface area contributed by atoms with E-state index in [0.29, 0.717) is 18.4 Å². The number of carbonyl (C=O) groups excluding carboxylic acids is 1. The van der Waals surface area contributed by atoms with Gasteiger partial charge in [-0.3, -0.25) is 4.79 Å². The van der Waals surface area contributed by atoms with E-state index < -0.39 is 12.4 Å². The molecule has 1 aromatic carbocycles. The highest BCUT2D eigenvalue weighted by molar-refractivity contribution is 6.01. The van der Waals surface area contributed by atoms with Gasteiger partial charge in [0.2, 0.25) is 0 Å². The minimum atomic E-state index is -2.91. The lowest BCUT2D eigenvalue weighted by atomic mass is 9.89. The van der Waals surface area contributed by atoms with Crippen molar-refractivity contribution in [1.29, 1.82) is 0 Å². The van der Waals surface area contributed by atoms with Crippen LogP contribution >= 0.6 is 0 Å². The van der Waals surface area contributed by atoms with E-state index in [0.717, 1.165) is 36.4 Å². The normalized spacial score (nSPS) is 19.7. The second-order valence-corrected chi connectivity index (χ2v) is 8.10. The average molecular weight is 462 g/mol. The molecule has 33 heavy (non-hydrogen) atoms. The van der Waals surface area contributed by atoms with Crippen LogP contribution in [0.25, 0.3) is 5.52 Å². The third kappa shape index (κ3) is 5.75. The van der Waals surface area contributed by atoms with E-state index in [1.165, 1.54) is 25.0 Å². The van der Waals surface area contributed by atoms with Gasteiger partial charge in [0.05, 0.1) is 23.4 Å². The molecule has 3 aromatic rings. The number of alkyl halides is 2. The van der Waals surface area contributed by atoms with E-state index >= 15 is 0 Å². The number of aromatic nitrogens is 2. The highest BCUT2D eigenvalue weighted by Gasteiger charge is 2.29. The summed E-state index contributed by atoms with van der Waals surface area (Å²) in [5.41, 5.74) is 2.59. The fraction of sp³-hybridized carbons (Fsp3) is 0.391. The monoisotopic (exact) mass is 462 g/mol. The minimum absolute atomic E-state index is 0.0826. The molecule has 0 unspecified atom stereocenters. The maximum atomic E-state index is 12.4. The van der Waals surface area contributed by atoms with Crippen molar-refractivity contribution in [3.63, 3.8) is 0 Å². The standard InChI is InChI=1S/C16H20N4O2.C7H5F3O/c21-13-7-11(8-13)18-16(22)14-10-17-20-6-3-12(9-15(14)20)19-4-1-2-5-19;8-5-2-1-3-6(4-5)11-7(9)10/h3,6,9-11,13,21H,1-2,4-5,7-8H2,(H,18,22);1-4,7H. The maximum absolute atomic E-state index is 12.4. The lowest BCUT2D eigenvalue weighted by molar-refractivity contribution is -0.0500. The molecule has 3 heterocycles. The lowest BCUT2D eigenvalue weighted by Crippen LogP contribution is -2.46. The summed E-state index contributed by atoms with van der Waals surface area (Å²) in [5.74, 6) is -0.867. The van der Waals surface area contributed by atoms with Gasteiger partial charge in [-0.05, 0) is 49.9 Å². The molecule has 0 spiro atoms. The summed E-state index contributed by atoms with van der Waals surface area (Å²) in [6.45, 7) is -0.755. The van der Waals surface area contributed by atoms with Crippen LogP contribution in [0, 0.1) is 5.82 Å². The molecule has 1 aliphatic carbocycles. The Bertz CT molecular complexity index is 1100. The van der Waals surface area contributed by atoms with Gasteiger partial charge in [-0.1, -0.05) is 6.07 Å². The van der Waals surface area contributed by atoms with Crippen molar-refractivity contribution >= 4 is 17.1 Å². The second kappa shape index (κ2) is 10.1. The molecule has 176 valence electrons. The molecule has 2 aromatic heterocycles.